The van der Waals surface area contributed by atoms with Crippen LogP contribution in [0.2, 0.25) is 0 Å². The maximum atomic E-state index is 10.9. The first kappa shape index (κ1) is 9.78. The molecule has 0 saturated heterocycles. The summed E-state index contributed by atoms with van der Waals surface area (Å²) >= 11 is 0. The molecule has 0 aliphatic carbocycles. The van der Waals surface area contributed by atoms with Crippen molar-refractivity contribution in [1.29, 1.82) is 0 Å². The van der Waals surface area contributed by atoms with Crippen LogP contribution >= 0.6 is 0 Å². The predicted molar refractivity (Wildman–Crippen MR) is 43.7 cm³/mol. The van der Waals surface area contributed by atoms with Gasteiger partial charge in [0.05, 0.1) is 5.56 Å². The number of hydrogen-bond donors (Lipinski definition) is 3. The van der Waals surface area contributed by atoms with Crippen LogP contribution in [0, 0.1) is 5.21 Å². The lowest BCUT2D eigenvalue weighted by atomic mass is 10.2. The van der Waals surface area contributed by atoms with Crippen LogP contribution in [0.4, 0.5) is 5.69 Å². The van der Waals surface area contributed by atoms with E-state index in [1.807, 2.05) is 0 Å². The molecule has 0 spiro atoms. The van der Waals surface area contributed by atoms with Crippen LogP contribution in [-0.2, 0) is 0 Å². The zero-order valence-corrected chi connectivity index (χ0v) is 6.80. The average Bonchev–Trinajstić information content (AvgIpc) is 2.02. The Labute approximate surface area is 77.6 Å². The maximum Gasteiger partial charge on any atom is 0.404 e. The van der Waals surface area contributed by atoms with Crippen LogP contribution in [0.1, 0.15) is 20.8 Å². The molecule has 1 aromatic heterocycles. The van der Waals surface area contributed by atoms with E-state index in [0.29, 0.717) is 0 Å². The number of nitrogens with two attached hydrogens (primary N) is 1. The molecule has 0 aliphatic heterocycles. The molecule has 0 fully saturated rings. The third kappa shape index (κ3) is 1.42. The number of pyridine rings is 1. The Morgan fingerprint density at radius 1 is 1.36 bits per heavy atom. The second-order valence-corrected chi connectivity index (χ2v) is 2.43. The Bertz CT molecular complexity index is 415. The van der Waals surface area contributed by atoms with Gasteiger partial charge in [-0.25, -0.2) is 9.59 Å². The summed E-state index contributed by atoms with van der Waals surface area (Å²) in [4.78, 5) is 21.0. The minimum Gasteiger partial charge on any atom is -0.618 e. The fourth-order valence-corrected chi connectivity index (χ4v) is 0.949. The Morgan fingerprint density at radius 3 is 2.36 bits per heavy atom. The Hall–Kier alpha value is -2.31. The Balaban J connectivity index is 3.49. The van der Waals surface area contributed by atoms with Crippen molar-refractivity contribution >= 4 is 17.6 Å². The lowest BCUT2D eigenvalue weighted by Gasteiger charge is -2.04. The molecule has 0 saturated carbocycles. The van der Waals surface area contributed by atoms with E-state index in [2.05, 4.69) is 0 Å². The zero-order valence-electron chi connectivity index (χ0n) is 6.80. The van der Waals surface area contributed by atoms with Gasteiger partial charge >= 0.3 is 17.6 Å². The molecule has 0 aromatic carbocycles. The molecule has 0 radical (unpaired) electrons. The number of carbonyl (C=O) groups is 2. The number of carboxylic acid groups (broad SMARTS) is 2. The van der Waals surface area contributed by atoms with Gasteiger partial charge in [0.1, 0.15) is 5.69 Å². The summed E-state index contributed by atoms with van der Waals surface area (Å²) in [6, 6.07) is 0.942. The quantitative estimate of drug-likeness (QED) is 0.425. The second-order valence-electron chi connectivity index (χ2n) is 2.43. The molecule has 0 amide bonds. The van der Waals surface area contributed by atoms with Gasteiger partial charge in [-0.05, 0) is 0 Å². The first-order chi connectivity index (χ1) is 6.45. The van der Waals surface area contributed by atoms with Crippen LogP contribution in [0.3, 0.4) is 0 Å². The summed E-state index contributed by atoms with van der Waals surface area (Å²) in [6.07, 6.45) is 0.781. The van der Waals surface area contributed by atoms with Crippen molar-refractivity contribution in [2.45, 2.75) is 0 Å². The number of aromatic nitrogens is 1. The zero-order chi connectivity index (χ0) is 10.9. The lowest BCUT2D eigenvalue weighted by Crippen LogP contribution is -2.36. The van der Waals surface area contributed by atoms with E-state index in [4.69, 9.17) is 15.9 Å². The number of rotatable bonds is 2. The highest BCUT2D eigenvalue weighted by molar-refractivity contribution is 5.99. The molecular formula is C7H6N2O5. The number of aromatic carboxylic acids is 2. The number of nitrogen functional groups attached to an aromatic ring is 1. The first-order valence-electron chi connectivity index (χ1n) is 3.43. The normalized spacial score (nSPS) is 9.71. The fourth-order valence-electron chi connectivity index (χ4n) is 0.949. The highest BCUT2D eigenvalue weighted by Crippen LogP contribution is 2.13. The Morgan fingerprint density at radius 2 is 1.93 bits per heavy atom. The van der Waals surface area contributed by atoms with Gasteiger partial charge in [0.2, 0.25) is 0 Å². The van der Waals surface area contributed by atoms with E-state index in [0.717, 1.165) is 12.3 Å². The van der Waals surface area contributed by atoms with Crippen LogP contribution in [0.25, 0.3) is 0 Å². The van der Waals surface area contributed by atoms with Crippen LogP contribution in [-0.4, -0.2) is 22.2 Å². The molecule has 7 nitrogen and oxygen atoms in total. The average molecular weight is 198 g/mol. The number of carboxylic acids is 2. The monoisotopic (exact) mass is 198 g/mol. The van der Waals surface area contributed by atoms with Crippen molar-refractivity contribution in [3.8, 4) is 0 Å². The van der Waals surface area contributed by atoms with Crippen molar-refractivity contribution in [2.75, 3.05) is 5.73 Å². The molecular weight excluding hydrogens is 192 g/mol. The van der Waals surface area contributed by atoms with E-state index in [1.165, 1.54) is 0 Å². The van der Waals surface area contributed by atoms with Gasteiger partial charge in [0.25, 0.3) is 0 Å². The summed E-state index contributed by atoms with van der Waals surface area (Å²) in [5.74, 6) is -2.95. The van der Waals surface area contributed by atoms with Gasteiger partial charge in [-0.15, -0.1) is 0 Å². The van der Waals surface area contributed by atoms with Crippen molar-refractivity contribution in [2.24, 2.45) is 0 Å². The van der Waals surface area contributed by atoms with E-state index < -0.39 is 28.9 Å². The molecule has 0 bridgehead atoms. The molecule has 1 heterocycles. The summed E-state index contributed by atoms with van der Waals surface area (Å²) in [5, 5.41) is 28.1. The molecule has 4 N–H and O–H groups in total. The van der Waals surface area contributed by atoms with Crippen molar-refractivity contribution < 1.29 is 24.5 Å². The fraction of sp³-hybridized carbons (Fsp3) is 0. The third-order valence-electron chi connectivity index (χ3n) is 1.58. The van der Waals surface area contributed by atoms with Crippen LogP contribution in [0.5, 0.6) is 0 Å². The summed E-state index contributed by atoms with van der Waals surface area (Å²) < 4.78 is 0.00407. The van der Waals surface area contributed by atoms with Crippen LogP contribution < -0.4 is 10.5 Å². The highest BCUT2D eigenvalue weighted by Gasteiger charge is 2.24. The van der Waals surface area contributed by atoms with Crippen molar-refractivity contribution in [3.63, 3.8) is 0 Å². The largest absolute Gasteiger partial charge is 0.618 e. The van der Waals surface area contributed by atoms with Gasteiger partial charge < -0.3 is 21.2 Å². The molecule has 1 rings (SSSR count). The smallest absolute Gasteiger partial charge is 0.404 e. The first-order valence-corrected chi connectivity index (χ1v) is 3.43. The van der Waals surface area contributed by atoms with Gasteiger partial charge in [0.15, 0.2) is 6.20 Å². The minimum atomic E-state index is -1.57. The molecule has 74 valence electrons. The number of nitrogens with zero attached hydrogens (tertiary/aromatic N) is 1. The van der Waals surface area contributed by atoms with Gasteiger partial charge in [-0.2, -0.15) is 4.73 Å². The van der Waals surface area contributed by atoms with Crippen molar-refractivity contribution in [1.82, 2.24) is 0 Å². The molecule has 0 atom stereocenters. The van der Waals surface area contributed by atoms with Crippen molar-refractivity contribution in [3.05, 3.63) is 28.7 Å². The van der Waals surface area contributed by atoms with Gasteiger partial charge in [-0.1, -0.05) is 0 Å². The van der Waals surface area contributed by atoms with E-state index in [-0.39, 0.29) is 4.73 Å². The topological polar surface area (TPSA) is 128 Å². The highest BCUT2D eigenvalue weighted by atomic mass is 16.5. The van der Waals surface area contributed by atoms with E-state index in [1.54, 1.807) is 0 Å². The van der Waals surface area contributed by atoms with Gasteiger partial charge in [-0.3, -0.25) is 0 Å². The minimum absolute atomic E-state index is 0.00407. The molecule has 7 heteroatoms. The van der Waals surface area contributed by atoms with Gasteiger partial charge in [0, 0.05) is 6.07 Å². The Kier molecular flexibility index (Phi) is 2.24. The SMILES string of the molecule is Nc1c(C(=O)O)cc[n+]([O-])c1C(=O)O. The lowest BCUT2D eigenvalue weighted by molar-refractivity contribution is -0.607. The molecule has 0 unspecified atom stereocenters. The van der Waals surface area contributed by atoms with E-state index >= 15 is 0 Å². The summed E-state index contributed by atoms with van der Waals surface area (Å²) in [5.41, 5.74) is 3.46. The summed E-state index contributed by atoms with van der Waals surface area (Å²) in [7, 11) is 0. The van der Waals surface area contributed by atoms with Crippen LogP contribution in [0.15, 0.2) is 12.3 Å². The molecule has 0 aliphatic rings. The second kappa shape index (κ2) is 3.21. The summed E-state index contributed by atoms with van der Waals surface area (Å²) in [6.45, 7) is 0. The molecule has 1 aromatic rings. The predicted octanol–water partition coefficient (Wildman–Crippen LogP) is -0.701. The standard InChI is InChI=1S/C7H6N2O5/c8-4-3(6(10)11)1-2-9(14)5(4)7(12)13/h1-2H,8H2,(H,10,11)(H,12,13). The number of hydrogen-bond acceptors (Lipinski definition) is 4. The maximum absolute atomic E-state index is 10.9. The third-order valence-corrected chi connectivity index (χ3v) is 1.58. The van der Waals surface area contributed by atoms with E-state index in [9.17, 15) is 14.8 Å². The molecule has 14 heavy (non-hydrogen) atoms. The number of anilines is 1.